The maximum Gasteiger partial charge on any atom is 0.337 e. The smallest absolute Gasteiger partial charge is 0.337 e. The van der Waals surface area contributed by atoms with Gasteiger partial charge in [0, 0.05) is 30.7 Å². The summed E-state index contributed by atoms with van der Waals surface area (Å²) in [7, 11) is 1.32. The number of esters is 1. The van der Waals surface area contributed by atoms with Crippen LogP contribution in [0, 0.1) is 0 Å². The number of hydrogen-bond acceptors (Lipinski definition) is 7. The minimum Gasteiger partial charge on any atom is -0.465 e. The van der Waals surface area contributed by atoms with Gasteiger partial charge in [0.15, 0.2) is 0 Å². The Morgan fingerprint density at radius 2 is 1.89 bits per heavy atom. The van der Waals surface area contributed by atoms with Gasteiger partial charge in [0.1, 0.15) is 17.8 Å². The molecule has 2 heterocycles. The van der Waals surface area contributed by atoms with E-state index in [1.165, 1.54) is 19.5 Å². The molecule has 0 unspecified atom stereocenters. The van der Waals surface area contributed by atoms with Gasteiger partial charge in [-0.05, 0) is 35.9 Å². The third-order valence-electron chi connectivity index (χ3n) is 3.66. The molecule has 2 aromatic heterocycles. The lowest BCUT2D eigenvalue weighted by Gasteiger charge is -2.09. The minimum atomic E-state index is -0.433. The van der Waals surface area contributed by atoms with Crippen molar-refractivity contribution >= 4 is 23.4 Å². The topological polar surface area (TPSA) is 106 Å². The monoisotopic (exact) mass is 363 g/mol. The molecular formula is C19H17N5O3. The average molecular weight is 363 g/mol. The first kappa shape index (κ1) is 18.0. The number of ether oxygens (including phenoxy) is 1. The molecule has 0 radical (unpaired) electrons. The normalized spacial score (nSPS) is 10.1. The zero-order valence-corrected chi connectivity index (χ0v) is 14.5. The van der Waals surface area contributed by atoms with Crippen LogP contribution in [-0.2, 0) is 11.3 Å². The number of rotatable bonds is 6. The highest BCUT2D eigenvalue weighted by Crippen LogP contribution is 2.17. The summed E-state index contributed by atoms with van der Waals surface area (Å²) in [6.07, 6.45) is 4.63. The van der Waals surface area contributed by atoms with Gasteiger partial charge >= 0.3 is 5.97 Å². The first-order valence-electron chi connectivity index (χ1n) is 8.10. The van der Waals surface area contributed by atoms with E-state index in [-0.39, 0.29) is 11.6 Å². The van der Waals surface area contributed by atoms with Gasteiger partial charge in [0.05, 0.1) is 12.7 Å². The van der Waals surface area contributed by atoms with Crippen LogP contribution in [0.5, 0.6) is 0 Å². The van der Waals surface area contributed by atoms with Gasteiger partial charge in [-0.25, -0.2) is 14.8 Å². The first-order chi connectivity index (χ1) is 13.2. The second kappa shape index (κ2) is 8.52. The fourth-order valence-electron chi connectivity index (χ4n) is 2.31. The number of methoxy groups -OCH3 is 1. The van der Waals surface area contributed by atoms with Crippen molar-refractivity contribution in [3.05, 3.63) is 78.0 Å². The molecular weight excluding hydrogens is 346 g/mol. The van der Waals surface area contributed by atoms with E-state index in [1.807, 2.05) is 12.1 Å². The third kappa shape index (κ3) is 4.85. The molecule has 1 amide bonds. The highest BCUT2D eigenvalue weighted by atomic mass is 16.5. The Morgan fingerprint density at radius 1 is 1.07 bits per heavy atom. The van der Waals surface area contributed by atoms with E-state index in [0.717, 1.165) is 5.56 Å². The van der Waals surface area contributed by atoms with Crippen LogP contribution in [-0.4, -0.2) is 33.9 Å². The number of pyridine rings is 1. The second-order valence-corrected chi connectivity index (χ2v) is 5.52. The van der Waals surface area contributed by atoms with Crippen molar-refractivity contribution < 1.29 is 14.3 Å². The summed E-state index contributed by atoms with van der Waals surface area (Å²) >= 11 is 0. The molecule has 3 aromatic rings. The molecule has 0 aliphatic carbocycles. The zero-order valence-electron chi connectivity index (χ0n) is 14.5. The van der Waals surface area contributed by atoms with Crippen LogP contribution in [0.4, 0.5) is 11.5 Å². The molecule has 0 aliphatic rings. The summed E-state index contributed by atoms with van der Waals surface area (Å²) in [6, 6.07) is 12.0. The van der Waals surface area contributed by atoms with Crippen LogP contribution in [0.1, 0.15) is 26.4 Å². The maximum absolute atomic E-state index is 12.3. The van der Waals surface area contributed by atoms with E-state index < -0.39 is 5.97 Å². The zero-order chi connectivity index (χ0) is 19.1. The van der Waals surface area contributed by atoms with Crippen LogP contribution in [0.3, 0.4) is 0 Å². The summed E-state index contributed by atoms with van der Waals surface area (Å²) in [5, 5.41) is 5.84. The van der Waals surface area contributed by atoms with Gasteiger partial charge in [0.2, 0.25) is 0 Å². The minimum absolute atomic E-state index is 0.227. The van der Waals surface area contributed by atoms with Gasteiger partial charge < -0.3 is 15.4 Å². The van der Waals surface area contributed by atoms with E-state index in [4.69, 9.17) is 4.74 Å². The van der Waals surface area contributed by atoms with Crippen molar-refractivity contribution in [2.45, 2.75) is 6.54 Å². The number of amides is 1. The van der Waals surface area contributed by atoms with E-state index >= 15 is 0 Å². The number of aromatic nitrogens is 3. The van der Waals surface area contributed by atoms with E-state index in [2.05, 4.69) is 25.6 Å². The maximum atomic E-state index is 12.3. The lowest BCUT2D eigenvalue weighted by Crippen LogP contribution is -2.24. The van der Waals surface area contributed by atoms with Gasteiger partial charge in [-0.3, -0.25) is 9.78 Å². The molecule has 8 heteroatoms. The molecule has 2 N–H and O–H groups in total. The predicted molar refractivity (Wildman–Crippen MR) is 98.5 cm³/mol. The molecule has 1 aromatic carbocycles. The Bertz CT molecular complexity index is 947. The number of hydrogen-bond donors (Lipinski definition) is 2. The summed E-state index contributed by atoms with van der Waals surface area (Å²) in [4.78, 5) is 36.0. The SMILES string of the molecule is COC(=O)c1cccc(Nc2cc(C(=O)NCc3ccncc3)ncn2)c1. The fraction of sp³-hybridized carbons (Fsp3) is 0.105. The highest BCUT2D eigenvalue weighted by Gasteiger charge is 2.10. The van der Waals surface area contributed by atoms with Gasteiger partial charge in [-0.15, -0.1) is 0 Å². The molecule has 27 heavy (non-hydrogen) atoms. The van der Waals surface area contributed by atoms with Crippen molar-refractivity contribution in [2.75, 3.05) is 12.4 Å². The molecule has 0 atom stereocenters. The van der Waals surface area contributed by atoms with Crippen LogP contribution >= 0.6 is 0 Å². The molecule has 0 spiro atoms. The molecule has 0 bridgehead atoms. The molecule has 0 fully saturated rings. The molecule has 8 nitrogen and oxygen atoms in total. The third-order valence-corrected chi connectivity index (χ3v) is 3.66. The van der Waals surface area contributed by atoms with Crippen LogP contribution in [0.15, 0.2) is 61.2 Å². The molecule has 136 valence electrons. The number of nitrogens with one attached hydrogen (secondary N) is 2. The van der Waals surface area contributed by atoms with Crippen molar-refractivity contribution in [1.29, 1.82) is 0 Å². The first-order valence-corrected chi connectivity index (χ1v) is 8.10. The van der Waals surface area contributed by atoms with Gasteiger partial charge in [-0.1, -0.05) is 6.07 Å². The second-order valence-electron chi connectivity index (χ2n) is 5.52. The van der Waals surface area contributed by atoms with Crippen molar-refractivity contribution in [1.82, 2.24) is 20.3 Å². The fourth-order valence-corrected chi connectivity index (χ4v) is 2.31. The Balaban J connectivity index is 1.68. The summed E-state index contributed by atoms with van der Waals surface area (Å²) < 4.78 is 4.71. The lowest BCUT2D eigenvalue weighted by molar-refractivity contribution is 0.0600. The largest absolute Gasteiger partial charge is 0.465 e. The predicted octanol–water partition coefficient (Wildman–Crippen LogP) is 2.33. The number of carbonyl (C=O) groups is 2. The Hall–Kier alpha value is -3.81. The van der Waals surface area contributed by atoms with Crippen molar-refractivity contribution in [3.8, 4) is 0 Å². The molecule has 0 saturated carbocycles. The lowest BCUT2D eigenvalue weighted by atomic mass is 10.2. The quantitative estimate of drug-likeness (QED) is 0.647. The van der Waals surface area contributed by atoms with Gasteiger partial charge in [0.25, 0.3) is 5.91 Å². The van der Waals surface area contributed by atoms with Crippen LogP contribution < -0.4 is 10.6 Å². The van der Waals surface area contributed by atoms with E-state index in [1.54, 1.807) is 36.7 Å². The Kier molecular flexibility index (Phi) is 5.68. The van der Waals surface area contributed by atoms with E-state index in [0.29, 0.717) is 23.6 Å². The number of nitrogens with zero attached hydrogens (tertiary/aromatic N) is 3. The van der Waals surface area contributed by atoms with Crippen LogP contribution in [0.2, 0.25) is 0 Å². The molecule has 3 rings (SSSR count). The Labute approximate surface area is 155 Å². The molecule has 0 saturated heterocycles. The number of carbonyl (C=O) groups excluding carboxylic acids is 2. The van der Waals surface area contributed by atoms with Crippen LogP contribution in [0.25, 0.3) is 0 Å². The van der Waals surface area contributed by atoms with Crippen molar-refractivity contribution in [3.63, 3.8) is 0 Å². The van der Waals surface area contributed by atoms with Crippen molar-refractivity contribution in [2.24, 2.45) is 0 Å². The Morgan fingerprint density at radius 3 is 2.67 bits per heavy atom. The average Bonchev–Trinajstić information content (AvgIpc) is 2.72. The van der Waals surface area contributed by atoms with E-state index in [9.17, 15) is 9.59 Å². The number of benzene rings is 1. The standard InChI is InChI=1S/C19H17N5O3/c1-27-19(26)14-3-2-4-15(9-14)24-17-10-16(22-12-23-17)18(25)21-11-13-5-7-20-8-6-13/h2-10,12H,11H2,1H3,(H,21,25)(H,22,23,24). The molecule has 0 aliphatic heterocycles. The summed E-state index contributed by atoms with van der Waals surface area (Å²) in [5.74, 6) is -0.320. The van der Waals surface area contributed by atoms with Gasteiger partial charge in [-0.2, -0.15) is 0 Å². The summed E-state index contributed by atoms with van der Waals surface area (Å²) in [5.41, 5.74) is 2.21. The number of anilines is 2. The summed E-state index contributed by atoms with van der Waals surface area (Å²) in [6.45, 7) is 0.370. The highest BCUT2D eigenvalue weighted by molar-refractivity contribution is 5.93.